The van der Waals surface area contributed by atoms with Gasteiger partial charge in [0.15, 0.2) is 10.8 Å². The number of anilines is 1. The molecule has 2 aromatic heterocycles. The molecule has 3 rings (SSSR count). The lowest BCUT2D eigenvalue weighted by molar-refractivity contribution is -0.0361. The summed E-state index contributed by atoms with van der Waals surface area (Å²) in [7, 11) is 0. The van der Waals surface area contributed by atoms with Gasteiger partial charge in [-0.1, -0.05) is 20.8 Å². The molecule has 0 saturated heterocycles. The summed E-state index contributed by atoms with van der Waals surface area (Å²) in [6, 6.07) is 1.95. The van der Waals surface area contributed by atoms with Gasteiger partial charge in [-0.05, 0) is 19.8 Å². The Bertz CT molecular complexity index is 742. The Hall–Kier alpha value is -1.63. The smallest absolute Gasteiger partial charge is 0.248 e. The van der Waals surface area contributed by atoms with Crippen LogP contribution >= 0.6 is 11.3 Å². The van der Waals surface area contributed by atoms with Crippen LogP contribution in [0.1, 0.15) is 57.8 Å². The molecule has 0 radical (unpaired) electrons. The van der Waals surface area contributed by atoms with Crippen LogP contribution in [-0.4, -0.2) is 26.9 Å². The Balaban J connectivity index is 1.88. The highest BCUT2D eigenvalue weighted by Gasteiger charge is 2.35. The van der Waals surface area contributed by atoms with Crippen molar-refractivity contribution < 1.29 is 8.78 Å². The van der Waals surface area contributed by atoms with Crippen molar-refractivity contribution in [2.24, 2.45) is 0 Å². The quantitative estimate of drug-likeness (QED) is 0.811. The van der Waals surface area contributed by atoms with Crippen molar-refractivity contribution in [1.29, 1.82) is 0 Å². The van der Waals surface area contributed by atoms with Crippen molar-refractivity contribution in [3.05, 3.63) is 22.8 Å². The van der Waals surface area contributed by atoms with E-state index in [1.54, 1.807) is 0 Å². The van der Waals surface area contributed by atoms with E-state index in [-0.39, 0.29) is 24.3 Å². The summed E-state index contributed by atoms with van der Waals surface area (Å²) in [6.07, 6.45) is 0.766. The molecule has 1 N–H and O–H groups in total. The zero-order chi connectivity index (χ0) is 18.2. The van der Waals surface area contributed by atoms with Crippen molar-refractivity contribution in [3.63, 3.8) is 0 Å². The summed E-state index contributed by atoms with van der Waals surface area (Å²) in [6.45, 7) is 8.22. The summed E-state index contributed by atoms with van der Waals surface area (Å²) in [5, 5.41) is 6.09. The molecule has 0 bridgehead atoms. The van der Waals surface area contributed by atoms with Crippen LogP contribution in [0, 0.1) is 6.92 Å². The maximum absolute atomic E-state index is 13.4. The highest BCUT2D eigenvalue weighted by molar-refractivity contribution is 7.13. The Morgan fingerprint density at radius 2 is 1.84 bits per heavy atom. The molecule has 4 nitrogen and oxygen atoms in total. The summed E-state index contributed by atoms with van der Waals surface area (Å²) in [5.74, 6) is -1.24. The molecule has 136 valence electrons. The van der Waals surface area contributed by atoms with E-state index in [1.165, 1.54) is 11.3 Å². The fourth-order valence-electron chi connectivity index (χ4n) is 2.85. The van der Waals surface area contributed by atoms with Crippen molar-refractivity contribution >= 4 is 17.2 Å². The molecule has 0 aromatic carbocycles. The molecule has 0 spiro atoms. The van der Waals surface area contributed by atoms with Crippen LogP contribution in [0.15, 0.2) is 11.4 Å². The fraction of sp³-hybridized carbons (Fsp3) is 0.611. The third kappa shape index (κ3) is 4.51. The molecular weight excluding hydrogens is 342 g/mol. The molecule has 1 aliphatic carbocycles. The van der Waals surface area contributed by atoms with E-state index in [1.807, 2.05) is 18.4 Å². The minimum atomic E-state index is -2.52. The van der Waals surface area contributed by atoms with Gasteiger partial charge in [0.1, 0.15) is 5.82 Å². The van der Waals surface area contributed by atoms with Gasteiger partial charge in [0, 0.05) is 41.4 Å². The van der Waals surface area contributed by atoms with Gasteiger partial charge in [0.05, 0.1) is 5.69 Å². The molecule has 25 heavy (non-hydrogen) atoms. The average Bonchev–Trinajstić information content (AvgIpc) is 2.95. The highest BCUT2D eigenvalue weighted by Crippen LogP contribution is 2.35. The number of alkyl halides is 2. The summed E-state index contributed by atoms with van der Waals surface area (Å²) in [5.41, 5.74) is 1.71. The van der Waals surface area contributed by atoms with Gasteiger partial charge in [-0.25, -0.2) is 23.7 Å². The lowest BCUT2D eigenvalue weighted by atomic mass is 9.91. The van der Waals surface area contributed by atoms with E-state index in [0.29, 0.717) is 24.5 Å². The van der Waals surface area contributed by atoms with Crippen molar-refractivity contribution in [3.8, 4) is 10.8 Å². The number of nitrogens with zero attached hydrogens (tertiary/aromatic N) is 3. The molecule has 0 amide bonds. The van der Waals surface area contributed by atoms with Crippen LogP contribution in [-0.2, 0) is 5.41 Å². The van der Waals surface area contributed by atoms with E-state index >= 15 is 0 Å². The maximum Gasteiger partial charge on any atom is 0.248 e. The van der Waals surface area contributed by atoms with E-state index in [9.17, 15) is 8.78 Å². The molecule has 1 aliphatic rings. The van der Waals surface area contributed by atoms with Gasteiger partial charge in [-0.15, -0.1) is 11.3 Å². The van der Waals surface area contributed by atoms with E-state index in [0.717, 1.165) is 16.4 Å². The number of hydrogen-bond acceptors (Lipinski definition) is 5. The van der Waals surface area contributed by atoms with Gasteiger partial charge in [0.2, 0.25) is 5.92 Å². The number of rotatable bonds is 3. The molecule has 2 aromatic rings. The van der Waals surface area contributed by atoms with Gasteiger partial charge < -0.3 is 5.32 Å². The molecule has 1 fully saturated rings. The topological polar surface area (TPSA) is 50.7 Å². The van der Waals surface area contributed by atoms with Crippen molar-refractivity contribution in [1.82, 2.24) is 15.0 Å². The summed E-state index contributed by atoms with van der Waals surface area (Å²) in [4.78, 5) is 13.8. The number of thiazole rings is 1. The van der Waals surface area contributed by atoms with Crippen LogP contribution in [0.5, 0.6) is 0 Å². The average molecular weight is 366 g/mol. The van der Waals surface area contributed by atoms with E-state index < -0.39 is 5.92 Å². The second kappa shape index (κ2) is 6.59. The maximum atomic E-state index is 13.4. The van der Waals surface area contributed by atoms with Crippen LogP contribution in [0.3, 0.4) is 0 Å². The standard InChI is InChI=1S/C18H24F2N4S/c1-11-10-25-16(21-11)15-23-13(17(2,3)4)9-14(24-15)22-12-5-7-18(19,20)8-6-12/h9-10,12H,5-8H2,1-4H3,(H,22,23,24). The first-order chi connectivity index (χ1) is 11.6. The lowest BCUT2D eigenvalue weighted by Gasteiger charge is -2.29. The van der Waals surface area contributed by atoms with Gasteiger partial charge in [-0.2, -0.15) is 0 Å². The zero-order valence-electron chi connectivity index (χ0n) is 15.1. The first kappa shape index (κ1) is 18.2. The minimum absolute atomic E-state index is 0.0215. The number of nitrogens with one attached hydrogen (secondary N) is 1. The normalized spacial score (nSPS) is 18.3. The molecule has 1 saturated carbocycles. The summed E-state index contributed by atoms with van der Waals surface area (Å²) >= 11 is 1.51. The van der Waals surface area contributed by atoms with Crippen molar-refractivity contribution in [2.45, 2.75) is 70.8 Å². The molecule has 2 heterocycles. The molecule has 0 atom stereocenters. The van der Waals surface area contributed by atoms with Crippen molar-refractivity contribution in [2.75, 3.05) is 5.32 Å². The minimum Gasteiger partial charge on any atom is -0.367 e. The number of halogens is 2. The lowest BCUT2D eigenvalue weighted by Crippen LogP contribution is -2.32. The Kier molecular flexibility index (Phi) is 4.79. The van der Waals surface area contributed by atoms with Crippen LogP contribution in [0.2, 0.25) is 0 Å². The van der Waals surface area contributed by atoms with Crippen LogP contribution in [0.4, 0.5) is 14.6 Å². The summed E-state index contributed by atoms with van der Waals surface area (Å²) < 4.78 is 26.7. The third-order valence-electron chi connectivity index (χ3n) is 4.37. The second-order valence-corrected chi connectivity index (χ2v) is 8.64. The monoisotopic (exact) mass is 366 g/mol. The predicted molar refractivity (Wildman–Crippen MR) is 97.4 cm³/mol. The van der Waals surface area contributed by atoms with Gasteiger partial charge in [-0.3, -0.25) is 0 Å². The SMILES string of the molecule is Cc1csc(-c2nc(NC3CCC(F)(F)CC3)cc(C(C)(C)C)n2)n1. The molecule has 7 heteroatoms. The number of aryl methyl sites for hydroxylation is 1. The Morgan fingerprint density at radius 1 is 1.16 bits per heavy atom. The van der Waals surface area contributed by atoms with Crippen LogP contribution in [0.25, 0.3) is 10.8 Å². The molecular formula is C18H24F2N4S. The Labute approximate surface area is 151 Å². The number of hydrogen-bond donors (Lipinski definition) is 1. The van der Waals surface area contributed by atoms with E-state index in [4.69, 9.17) is 0 Å². The third-order valence-corrected chi connectivity index (χ3v) is 5.33. The predicted octanol–water partition coefficient (Wildman–Crippen LogP) is 5.20. The Morgan fingerprint density at radius 3 is 2.40 bits per heavy atom. The second-order valence-electron chi connectivity index (χ2n) is 7.78. The molecule has 0 unspecified atom stereocenters. The highest BCUT2D eigenvalue weighted by atomic mass is 32.1. The fourth-order valence-corrected chi connectivity index (χ4v) is 3.58. The zero-order valence-corrected chi connectivity index (χ0v) is 15.9. The van der Waals surface area contributed by atoms with E-state index in [2.05, 4.69) is 41.0 Å². The first-order valence-corrected chi connectivity index (χ1v) is 9.47. The first-order valence-electron chi connectivity index (χ1n) is 8.59. The van der Waals surface area contributed by atoms with Crippen LogP contribution < -0.4 is 5.32 Å². The van der Waals surface area contributed by atoms with Gasteiger partial charge >= 0.3 is 0 Å². The largest absolute Gasteiger partial charge is 0.367 e. The molecule has 0 aliphatic heterocycles. The number of aromatic nitrogens is 3. The van der Waals surface area contributed by atoms with Gasteiger partial charge in [0.25, 0.3) is 0 Å².